The second-order valence-corrected chi connectivity index (χ2v) is 5.17. The van der Waals surface area contributed by atoms with Gasteiger partial charge in [0.1, 0.15) is 11.4 Å². The van der Waals surface area contributed by atoms with Gasteiger partial charge in [0.25, 0.3) is 0 Å². The summed E-state index contributed by atoms with van der Waals surface area (Å²) in [6.07, 6.45) is 5.62. The maximum absolute atomic E-state index is 13.6. The molecule has 0 spiro atoms. The van der Waals surface area contributed by atoms with Crippen LogP contribution in [0.15, 0.2) is 18.2 Å². The fourth-order valence-electron chi connectivity index (χ4n) is 2.95. The molecule has 1 aliphatic carbocycles. The lowest BCUT2D eigenvalue weighted by Crippen LogP contribution is -2.32. The van der Waals surface area contributed by atoms with Gasteiger partial charge in [-0.1, -0.05) is 32.3 Å². The summed E-state index contributed by atoms with van der Waals surface area (Å²) in [5, 5.41) is 12.4. The molecule has 2 atom stereocenters. The van der Waals surface area contributed by atoms with Gasteiger partial charge in [0, 0.05) is 6.04 Å². The predicted molar refractivity (Wildman–Crippen MR) is 73.0 cm³/mol. The summed E-state index contributed by atoms with van der Waals surface area (Å²) in [6.45, 7) is 2.15. The van der Waals surface area contributed by atoms with Crippen LogP contribution in [-0.2, 0) is 0 Å². The molecule has 0 amide bonds. The normalized spacial score (nSPS) is 23.1. The van der Waals surface area contributed by atoms with E-state index in [1.54, 1.807) is 12.1 Å². The molecule has 19 heavy (non-hydrogen) atoms. The number of anilines is 1. The lowest BCUT2D eigenvalue weighted by atomic mass is 9.82. The maximum atomic E-state index is 13.6. The van der Waals surface area contributed by atoms with Crippen LogP contribution in [0.5, 0.6) is 0 Å². The van der Waals surface area contributed by atoms with Crippen LogP contribution in [0.3, 0.4) is 0 Å². The molecule has 0 aromatic heterocycles. The van der Waals surface area contributed by atoms with Gasteiger partial charge < -0.3 is 10.4 Å². The Hall–Kier alpha value is -1.58. The van der Waals surface area contributed by atoms with E-state index in [0.717, 1.165) is 25.7 Å². The summed E-state index contributed by atoms with van der Waals surface area (Å²) in [6, 6.07) is 4.63. The average molecular weight is 265 g/mol. The maximum Gasteiger partial charge on any atom is 0.340 e. The van der Waals surface area contributed by atoms with Crippen molar-refractivity contribution in [3.05, 3.63) is 29.6 Å². The summed E-state index contributed by atoms with van der Waals surface area (Å²) >= 11 is 0. The zero-order valence-electron chi connectivity index (χ0n) is 11.2. The molecular weight excluding hydrogens is 245 g/mol. The number of carboxylic acids is 1. The first kappa shape index (κ1) is 13.8. The molecule has 0 bridgehead atoms. The Morgan fingerprint density at radius 2 is 2.16 bits per heavy atom. The average Bonchev–Trinajstić information content (AvgIpc) is 2.39. The Kier molecular flexibility index (Phi) is 4.40. The molecule has 0 saturated heterocycles. The molecule has 1 aromatic rings. The van der Waals surface area contributed by atoms with Gasteiger partial charge in [0.2, 0.25) is 0 Å². The SMILES string of the molecule is CCC1CCCCC1Nc1cccc(F)c1C(=O)O. The molecule has 104 valence electrons. The molecule has 3 nitrogen and oxygen atoms in total. The number of carboxylic acid groups (broad SMARTS) is 1. The summed E-state index contributed by atoms with van der Waals surface area (Å²) in [5.41, 5.74) is 0.153. The Labute approximate surface area is 112 Å². The van der Waals surface area contributed by atoms with E-state index in [1.165, 1.54) is 12.5 Å². The van der Waals surface area contributed by atoms with Gasteiger partial charge in [-0.2, -0.15) is 0 Å². The Balaban J connectivity index is 2.22. The summed E-state index contributed by atoms with van der Waals surface area (Å²) in [7, 11) is 0. The molecule has 0 aliphatic heterocycles. The van der Waals surface area contributed by atoms with Gasteiger partial charge >= 0.3 is 5.97 Å². The quantitative estimate of drug-likeness (QED) is 0.868. The van der Waals surface area contributed by atoms with Crippen LogP contribution in [0.2, 0.25) is 0 Å². The van der Waals surface area contributed by atoms with Crippen LogP contribution in [-0.4, -0.2) is 17.1 Å². The zero-order valence-corrected chi connectivity index (χ0v) is 11.2. The number of hydrogen-bond acceptors (Lipinski definition) is 2. The molecule has 4 heteroatoms. The van der Waals surface area contributed by atoms with Crippen molar-refractivity contribution in [1.82, 2.24) is 0 Å². The van der Waals surface area contributed by atoms with Crippen molar-refractivity contribution in [3.63, 3.8) is 0 Å². The molecular formula is C15H20FNO2. The van der Waals surface area contributed by atoms with Crippen molar-refractivity contribution in [3.8, 4) is 0 Å². The van der Waals surface area contributed by atoms with Crippen LogP contribution in [0.4, 0.5) is 10.1 Å². The number of carbonyl (C=O) groups is 1. The van der Waals surface area contributed by atoms with E-state index in [1.807, 2.05) is 0 Å². The number of rotatable bonds is 4. The molecule has 2 rings (SSSR count). The molecule has 2 unspecified atom stereocenters. The highest BCUT2D eigenvalue weighted by atomic mass is 19.1. The Morgan fingerprint density at radius 1 is 1.42 bits per heavy atom. The van der Waals surface area contributed by atoms with Crippen molar-refractivity contribution < 1.29 is 14.3 Å². The van der Waals surface area contributed by atoms with Gasteiger partial charge in [-0.25, -0.2) is 9.18 Å². The third-order valence-corrected chi connectivity index (χ3v) is 4.00. The van der Waals surface area contributed by atoms with E-state index in [-0.39, 0.29) is 11.6 Å². The second-order valence-electron chi connectivity index (χ2n) is 5.17. The van der Waals surface area contributed by atoms with Gasteiger partial charge in [0.15, 0.2) is 0 Å². The van der Waals surface area contributed by atoms with Crippen molar-refractivity contribution in [1.29, 1.82) is 0 Å². The number of benzene rings is 1. The van der Waals surface area contributed by atoms with Crippen LogP contribution in [0.25, 0.3) is 0 Å². The van der Waals surface area contributed by atoms with Crippen molar-refractivity contribution in [2.45, 2.75) is 45.1 Å². The Bertz CT molecular complexity index is 461. The molecule has 0 radical (unpaired) electrons. The summed E-state index contributed by atoms with van der Waals surface area (Å²) < 4.78 is 13.6. The molecule has 0 heterocycles. The summed E-state index contributed by atoms with van der Waals surface area (Å²) in [4.78, 5) is 11.2. The minimum atomic E-state index is -1.22. The third-order valence-electron chi connectivity index (χ3n) is 4.00. The van der Waals surface area contributed by atoms with E-state index in [2.05, 4.69) is 12.2 Å². The minimum absolute atomic E-state index is 0.247. The van der Waals surface area contributed by atoms with E-state index < -0.39 is 11.8 Å². The van der Waals surface area contributed by atoms with Gasteiger partial charge in [-0.15, -0.1) is 0 Å². The first-order valence-electron chi connectivity index (χ1n) is 6.91. The van der Waals surface area contributed by atoms with Crippen LogP contribution in [0, 0.1) is 11.7 Å². The lowest BCUT2D eigenvalue weighted by Gasteiger charge is -2.32. The second kappa shape index (κ2) is 6.04. The highest BCUT2D eigenvalue weighted by molar-refractivity contribution is 5.94. The van der Waals surface area contributed by atoms with E-state index in [0.29, 0.717) is 11.6 Å². The van der Waals surface area contributed by atoms with E-state index >= 15 is 0 Å². The molecule has 2 N–H and O–H groups in total. The third kappa shape index (κ3) is 3.06. The molecule has 1 saturated carbocycles. The number of hydrogen-bond donors (Lipinski definition) is 2. The molecule has 1 fully saturated rings. The highest BCUT2D eigenvalue weighted by Gasteiger charge is 2.25. The standard InChI is InChI=1S/C15H20FNO2/c1-2-10-6-3-4-8-12(10)17-13-9-5-7-11(16)14(13)15(18)19/h5,7,9-10,12,17H,2-4,6,8H2,1H3,(H,18,19). The van der Waals surface area contributed by atoms with E-state index in [9.17, 15) is 9.18 Å². The largest absolute Gasteiger partial charge is 0.478 e. The first-order valence-corrected chi connectivity index (χ1v) is 6.91. The predicted octanol–water partition coefficient (Wildman–Crippen LogP) is 3.90. The van der Waals surface area contributed by atoms with Gasteiger partial charge in [-0.05, 0) is 30.9 Å². The lowest BCUT2D eigenvalue weighted by molar-refractivity contribution is 0.0693. The number of nitrogens with one attached hydrogen (secondary N) is 1. The van der Waals surface area contributed by atoms with Crippen molar-refractivity contribution in [2.75, 3.05) is 5.32 Å². The molecule has 1 aromatic carbocycles. The van der Waals surface area contributed by atoms with Gasteiger partial charge in [0.05, 0.1) is 5.69 Å². The number of aromatic carboxylic acids is 1. The smallest absolute Gasteiger partial charge is 0.340 e. The topological polar surface area (TPSA) is 49.3 Å². The fourth-order valence-corrected chi connectivity index (χ4v) is 2.95. The first-order chi connectivity index (χ1) is 9.13. The molecule has 1 aliphatic rings. The fraction of sp³-hybridized carbons (Fsp3) is 0.533. The summed E-state index contributed by atoms with van der Waals surface area (Å²) in [5.74, 6) is -1.36. The minimum Gasteiger partial charge on any atom is -0.478 e. The van der Waals surface area contributed by atoms with Crippen molar-refractivity contribution in [2.24, 2.45) is 5.92 Å². The van der Waals surface area contributed by atoms with E-state index in [4.69, 9.17) is 5.11 Å². The van der Waals surface area contributed by atoms with Crippen LogP contribution >= 0.6 is 0 Å². The van der Waals surface area contributed by atoms with Crippen LogP contribution < -0.4 is 5.32 Å². The zero-order chi connectivity index (χ0) is 13.8. The van der Waals surface area contributed by atoms with Crippen LogP contribution in [0.1, 0.15) is 49.4 Å². The number of halogens is 1. The Morgan fingerprint density at radius 3 is 2.84 bits per heavy atom. The monoisotopic (exact) mass is 265 g/mol. The van der Waals surface area contributed by atoms with Gasteiger partial charge in [-0.3, -0.25) is 0 Å². The highest BCUT2D eigenvalue weighted by Crippen LogP contribution is 2.30. The van der Waals surface area contributed by atoms with Crippen molar-refractivity contribution >= 4 is 11.7 Å².